The van der Waals surface area contributed by atoms with Crippen LogP contribution in [0.15, 0.2) is 85.2 Å². The Morgan fingerprint density at radius 2 is 1.55 bits per heavy atom. The van der Waals surface area contributed by atoms with Gasteiger partial charge in [-0.05, 0) is 34.9 Å². The molecule has 0 radical (unpaired) electrons. The first-order valence-corrected chi connectivity index (χ1v) is 7.11. The highest BCUT2D eigenvalue weighted by Crippen LogP contribution is 2.19. The monoisotopic (exact) mass is 285 g/mol. The third-order valence-corrected chi connectivity index (χ3v) is 3.39. The molecule has 0 N–H and O–H groups in total. The van der Waals surface area contributed by atoms with E-state index in [0.29, 0.717) is 5.56 Å². The van der Waals surface area contributed by atoms with Crippen LogP contribution in [-0.2, 0) is 0 Å². The van der Waals surface area contributed by atoms with Gasteiger partial charge in [-0.25, -0.2) is 0 Å². The van der Waals surface area contributed by atoms with E-state index in [1.54, 1.807) is 24.5 Å². The first-order valence-electron chi connectivity index (χ1n) is 7.11. The summed E-state index contributed by atoms with van der Waals surface area (Å²) in [6, 6.07) is 21.5. The SMILES string of the molecule is O=C(/C=C/c1cccnc1)c1ccc(-c2ccccc2)cc1. The molecule has 3 aromatic rings. The third-order valence-electron chi connectivity index (χ3n) is 3.39. The number of benzene rings is 2. The lowest BCUT2D eigenvalue weighted by atomic mass is 10.0. The van der Waals surface area contributed by atoms with Crippen LogP contribution in [0.5, 0.6) is 0 Å². The maximum Gasteiger partial charge on any atom is 0.185 e. The normalized spacial score (nSPS) is 10.7. The van der Waals surface area contributed by atoms with Crippen molar-refractivity contribution >= 4 is 11.9 Å². The molecule has 2 aromatic carbocycles. The van der Waals surface area contributed by atoms with Gasteiger partial charge in [-0.15, -0.1) is 0 Å². The molecule has 1 aromatic heterocycles. The van der Waals surface area contributed by atoms with E-state index < -0.39 is 0 Å². The molecule has 3 rings (SSSR count). The molecule has 0 saturated carbocycles. The smallest absolute Gasteiger partial charge is 0.185 e. The second kappa shape index (κ2) is 6.64. The topological polar surface area (TPSA) is 30.0 Å². The van der Waals surface area contributed by atoms with E-state index in [9.17, 15) is 4.79 Å². The van der Waals surface area contributed by atoms with Gasteiger partial charge in [-0.3, -0.25) is 9.78 Å². The number of ketones is 1. The molecule has 0 aliphatic carbocycles. The Balaban J connectivity index is 1.75. The van der Waals surface area contributed by atoms with E-state index in [1.807, 2.05) is 54.6 Å². The summed E-state index contributed by atoms with van der Waals surface area (Å²) in [7, 11) is 0. The van der Waals surface area contributed by atoms with Gasteiger partial charge in [0.25, 0.3) is 0 Å². The molecule has 0 bridgehead atoms. The van der Waals surface area contributed by atoms with Crippen molar-refractivity contribution in [3.63, 3.8) is 0 Å². The van der Waals surface area contributed by atoms with Gasteiger partial charge in [0.1, 0.15) is 0 Å². The van der Waals surface area contributed by atoms with Gasteiger partial charge in [0.2, 0.25) is 0 Å². The lowest BCUT2D eigenvalue weighted by Gasteiger charge is -2.02. The van der Waals surface area contributed by atoms with Crippen molar-refractivity contribution in [2.45, 2.75) is 0 Å². The summed E-state index contributed by atoms with van der Waals surface area (Å²) in [5.74, 6) is -0.0107. The van der Waals surface area contributed by atoms with Crippen LogP contribution in [0.2, 0.25) is 0 Å². The minimum absolute atomic E-state index is 0.0107. The number of pyridine rings is 1. The van der Waals surface area contributed by atoms with Crippen molar-refractivity contribution in [2.75, 3.05) is 0 Å². The van der Waals surface area contributed by atoms with Crippen LogP contribution in [0.25, 0.3) is 17.2 Å². The average molecular weight is 285 g/mol. The van der Waals surface area contributed by atoms with E-state index in [1.165, 1.54) is 0 Å². The average Bonchev–Trinajstić information content (AvgIpc) is 2.61. The van der Waals surface area contributed by atoms with Crippen LogP contribution < -0.4 is 0 Å². The summed E-state index contributed by atoms with van der Waals surface area (Å²) < 4.78 is 0. The van der Waals surface area contributed by atoms with E-state index >= 15 is 0 Å². The zero-order valence-corrected chi connectivity index (χ0v) is 12.0. The lowest BCUT2D eigenvalue weighted by molar-refractivity contribution is 0.104. The molecule has 0 amide bonds. The number of allylic oxidation sites excluding steroid dienone is 1. The molecular formula is C20H15NO. The maximum atomic E-state index is 12.2. The van der Waals surface area contributed by atoms with E-state index in [4.69, 9.17) is 0 Å². The summed E-state index contributed by atoms with van der Waals surface area (Å²) in [6.07, 6.45) is 6.79. The van der Waals surface area contributed by atoms with Gasteiger partial charge >= 0.3 is 0 Å². The van der Waals surface area contributed by atoms with Crippen molar-refractivity contribution in [2.24, 2.45) is 0 Å². The fourth-order valence-electron chi connectivity index (χ4n) is 2.20. The lowest BCUT2D eigenvalue weighted by Crippen LogP contribution is -1.93. The Morgan fingerprint density at radius 3 is 2.23 bits per heavy atom. The molecule has 0 saturated heterocycles. The quantitative estimate of drug-likeness (QED) is 0.516. The molecule has 0 aliphatic heterocycles. The minimum Gasteiger partial charge on any atom is -0.289 e. The Hall–Kier alpha value is -3.00. The van der Waals surface area contributed by atoms with Crippen molar-refractivity contribution in [3.8, 4) is 11.1 Å². The van der Waals surface area contributed by atoms with Crippen LogP contribution in [0.4, 0.5) is 0 Å². The zero-order valence-electron chi connectivity index (χ0n) is 12.0. The Morgan fingerprint density at radius 1 is 0.818 bits per heavy atom. The number of aromatic nitrogens is 1. The highest BCUT2D eigenvalue weighted by molar-refractivity contribution is 6.07. The van der Waals surface area contributed by atoms with Gasteiger partial charge in [0, 0.05) is 18.0 Å². The predicted molar refractivity (Wildman–Crippen MR) is 89.5 cm³/mol. The van der Waals surface area contributed by atoms with Crippen LogP contribution in [-0.4, -0.2) is 10.8 Å². The summed E-state index contributed by atoms with van der Waals surface area (Å²) >= 11 is 0. The molecule has 2 heteroatoms. The minimum atomic E-state index is -0.0107. The number of carbonyl (C=O) groups excluding carboxylic acids is 1. The molecule has 2 nitrogen and oxygen atoms in total. The van der Waals surface area contributed by atoms with Gasteiger partial charge in [-0.1, -0.05) is 60.7 Å². The maximum absolute atomic E-state index is 12.2. The van der Waals surface area contributed by atoms with Crippen molar-refractivity contribution in [3.05, 3.63) is 96.3 Å². The molecule has 0 unspecified atom stereocenters. The summed E-state index contributed by atoms with van der Waals surface area (Å²) in [5.41, 5.74) is 3.84. The van der Waals surface area contributed by atoms with Crippen LogP contribution in [0.1, 0.15) is 15.9 Å². The fourth-order valence-corrected chi connectivity index (χ4v) is 2.20. The van der Waals surface area contributed by atoms with Crippen LogP contribution >= 0.6 is 0 Å². The third kappa shape index (κ3) is 3.36. The van der Waals surface area contributed by atoms with E-state index in [-0.39, 0.29) is 5.78 Å². The van der Waals surface area contributed by atoms with Crippen LogP contribution in [0, 0.1) is 0 Å². The Bertz CT molecular complexity index is 775. The zero-order chi connectivity index (χ0) is 15.2. The number of nitrogens with zero attached hydrogens (tertiary/aromatic N) is 1. The number of hydrogen-bond acceptors (Lipinski definition) is 2. The molecule has 22 heavy (non-hydrogen) atoms. The largest absolute Gasteiger partial charge is 0.289 e. The van der Waals surface area contributed by atoms with Gasteiger partial charge in [-0.2, -0.15) is 0 Å². The predicted octanol–water partition coefficient (Wildman–Crippen LogP) is 4.64. The van der Waals surface area contributed by atoms with Gasteiger partial charge in [0.15, 0.2) is 5.78 Å². The van der Waals surface area contributed by atoms with Crippen molar-refractivity contribution in [1.82, 2.24) is 4.98 Å². The van der Waals surface area contributed by atoms with Gasteiger partial charge < -0.3 is 0 Å². The second-order valence-electron chi connectivity index (χ2n) is 4.93. The first kappa shape index (κ1) is 14.0. The van der Waals surface area contributed by atoms with E-state index in [2.05, 4.69) is 17.1 Å². The van der Waals surface area contributed by atoms with Gasteiger partial charge in [0.05, 0.1) is 0 Å². The first-order chi connectivity index (χ1) is 10.8. The highest BCUT2D eigenvalue weighted by Gasteiger charge is 2.02. The molecule has 1 heterocycles. The fraction of sp³-hybridized carbons (Fsp3) is 0. The summed E-state index contributed by atoms with van der Waals surface area (Å²) in [6.45, 7) is 0. The van der Waals surface area contributed by atoms with E-state index in [0.717, 1.165) is 16.7 Å². The molecule has 0 fully saturated rings. The standard InChI is InChI=1S/C20H15NO/c22-20(13-8-16-5-4-14-21-15-16)19-11-9-18(10-12-19)17-6-2-1-3-7-17/h1-15H/b13-8+. The molecule has 0 aliphatic rings. The Kier molecular flexibility index (Phi) is 4.21. The second-order valence-corrected chi connectivity index (χ2v) is 4.93. The number of hydrogen-bond donors (Lipinski definition) is 0. The molecule has 0 atom stereocenters. The Labute approximate surface area is 129 Å². The number of rotatable bonds is 4. The number of carbonyl (C=O) groups is 1. The molecule has 106 valence electrons. The molecular weight excluding hydrogens is 270 g/mol. The summed E-state index contributed by atoms with van der Waals surface area (Å²) in [5, 5.41) is 0. The van der Waals surface area contributed by atoms with Crippen LogP contribution in [0.3, 0.4) is 0 Å². The molecule has 0 spiro atoms. The highest BCUT2D eigenvalue weighted by atomic mass is 16.1. The summed E-state index contributed by atoms with van der Waals surface area (Å²) in [4.78, 5) is 16.2. The van der Waals surface area contributed by atoms with Crippen molar-refractivity contribution in [1.29, 1.82) is 0 Å². The van der Waals surface area contributed by atoms with Crippen molar-refractivity contribution < 1.29 is 4.79 Å².